The number of hydrogen-bond donors (Lipinski definition) is 0. The molecule has 0 radical (unpaired) electrons. The Labute approximate surface area is 99.6 Å². The average molecular weight is 231 g/mol. The summed E-state index contributed by atoms with van der Waals surface area (Å²) in [5.41, 5.74) is 1.22. The van der Waals surface area contributed by atoms with E-state index in [1.807, 2.05) is 6.07 Å². The van der Waals surface area contributed by atoms with Crippen LogP contribution in [0.3, 0.4) is 0 Å². The highest BCUT2D eigenvalue weighted by Crippen LogP contribution is 2.24. The Hall–Kier alpha value is -2.09. The number of aromatic nitrogens is 1. The number of methoxy groups -OCH3 is 1. The molecule has 0 saturated carbocycles. The molecule has 17 heavy (non-hydrogen) atoms. The van der Waals surface area contributed by atoms with Gasteiger partial charge in [0.15, 0.2) is 5.69 Å². The quantitative estimate of drug-likeness (QED) is 0.718. The zero-order valence-electron chi connectivity index (χ0n) is 9.64. The van der Waals surface area contributed by atoms with Crippen molar-refractivity contribution in [2.24, 2.45) is 0 Å². The molecular formula is C12H13N3O2. The highest BCUT2D eigenvalue weighted by Gasteiger charge is 2.21. The van der Waals surface area contributed by atoms with Crippen LogP contribution in [0.4, 0.5) is 5.69 Å². The Balaban J connectivity index is 2.43. The van der Waals surface area contributed by atoms with Gasteiger partial charge in [0, 0.05) is 13.1 Å². The maximum Gasteiger partial charge on any atom is 0.358 e. The lowest BCUT2D eigenvalue weighted by Gasteiger charge is -2.19. The van der Waals surface area contributed by atoms with Crippen LogP contribution in [-0.2, 0) is 4.74 Å². The van der Waals surface area contributed by atoms with Gasteiger partial charge < -0.3 is 9.64 Å². The zero-order valence-corrected chi connectivity index (χ0v) is 9.64. The molecule has 5 nitrogen and oxygen atoms in total. The van der Waals surface area contributed by atoms with Gasteiger partial charge in [-0.05, 0) is 25.0 Å². The molecule has 0 amide bonds. The van der Waals surface area contributed by atoms with Crippen molar-refractivity contribution in [2.75, 3.05) is 25.1 Å². The Kier molecular flexibility index (Phi) is 3.24. The van der Waals surface area contributed by atoms with Crippen LogP contribution in [0.15, 0.2) is 12.1 Å². The number of hydrogen-bond acceptors (Lipinski definition) is 5. The van der Waals surface area contributed by atoms with Crippen molar-refractivity contribution in [3.8, 4) is 6.07 Å². The maximum atomic E-state index is 11.6. The molecule has 2 heterocycles. The highest BCUT2D eigenvalue weighted by molar-refractivity contribution is 5.93. The molecule has 1 saturated heterocycles. The molecule has 0 atom stereocenters. The predicted octanol–water partition coefficient (Wildman–Crippen LogP) is 1.34. The first-order valence-electron chi connectivity index (χ1n) is 5.50. The summed E-state index contributed by atoms with van der Waals surface area (Å²) in [6, 6.07) is 5.32. The van der Waals surface area contributed by atoms with Crippen molar-refractivity contribution in [2.45, 2.75) is 12.8 Å². The van der Waals surface area contributed by atoms with Crippen LogP contribution in [-0.4, -0.2) is 31.2 Å². The third-order valence-corrected chi connectivity index (χ3v) is 2.81. The van der Waals surface area contributed by atoms with Crippen LogP contribution in [0.25, 0.3) is 0 Å². The zero-order chi connectivity index (χ0) is 12.3. The number of ether oxygens (including phenoxy) is 1. The van der Waals surface area contributed by atoms with Crippen LogP contribution < -0.4 is 4.90 Å². The summed E-state index contributed by atoms with van der Waals surface area (Å²) in [5.74, 6) is -0.496. The lowest BCUT2D eigenvalue weighted by molar-refractivity contribution is 0.0594. The molecule has 1 fully saturated rings. The van der Waals surface area contributed by atoms with E-state index in [2.05, 4.69) is 9.88 Å². The SMILES string of the molecule is COC(=O)c1nc(C#N)ccc1N1CCCC1. The summed E-state index contributed by atoms with van der Waals surface area (Å²) in [5, 5.41) is 8.79. The van der Waals surface area contributed by atoms with E-state index in [-0.39, 0.29) is 11.4 Å². The molecule has 1 aromatic heterocycles. The second-order valence-corrected chi connectivity index (χ2v) is 3.86. The first-order chi connectivity index (χ1) is 8.26. The summed E-state index contributed by atoms with van der Waals surface area (Å²) >= 11 is 0. The minimum atomic E-state index is -0.496. The van der Waals surface area contributed by atoms with Gasteiger partial charge in [-0.1, -0.05) is 0 Å². The number of esters is 1. The minimum Gasteiger partial charge on any atom is -0.464 e. The third-order valence-electron chi connectivity index (χ3n) is 2.81. The monoisotopic (exact) mass is 231 g/mol. The minimum absolute atomic E-state index is 0.230. The molecule has 0 spiro atoms. The Morgan fingerprint density at radius 2 is 2.18 bits per heavy atom. The third kappa shape index (κ3) is 2.21. The van der Waals surface area contributed by atoms with E-state index in [1.165, 1.54) is 7.11 Å². The molecule has 88 valence electrons. The lowest BCUT2D eigenvalue weighted by Crippen LogP contribution is -2.22. The molecule has 1 aliphatic heterocycles. The molecule has 1 aliphatic rings. The van der Waals surface area contributed by atoms with E-state index in [0.29, 0.717) is 0 Å². The molecule has 5 heteroatoms. The topological polar surface area (TPSA) is 66.2 Å². The summed E-state index contributed by atoms with van der Waals surface area (Å²) in [6.45, 7) is 1.83. The Bertz CT molecular complexity index is 473. The first kappa shape index (κ1) is 11.4. The number of rotatable bonds is 2. The number of pyridine rings is 1. The van der Waals surface area contributed by atoms with Gasteiger partial charge in [-0.2, -0.15) is 5.26 Å². The molecule has 2 rings (SSSR count). The van der Waals surface area contributed by atoms with Crippen molar-refractivity contribution in [3.05, 3.63) is 23.5 Å². The van der Waals surface area contributed by atoms with Gasteiger partial charge in [0.05, 0.1) is 12.8 Å². The lowest BCUT2D eigenvalue weighted by atomic mass is 10.2. The van der Waals surface area contributed by atoms with Crippen molar-refractivity contribution < 1.29 is 9.53 Å². The molecule has 0 aliphatic carbocycles. The second kappa shape index (κ2) is 4.83. The van der Waals surface area contributed by atoms with Crippen LogP contribution in [0.5, 0.6) is 0 Å². The summed E-state index contributed by atoms with van der Waals surface area (Å²) in [7, 11) is 1.32. The van der Waals surface area contributed by atoms with Crippen molar-refractivity contribution in [1.29, 1.82) is 5.26 Å². The number of anilines is 1. The van der Waals surface area contributed by atoms with E-state index in [0.717, 1.165) is 31.6 Å². The molecule has 0 aromatic carbocycles. The van der Waals surface area contributed by atoms with E-state index >= 15 is 0 Å². The van der Waals surface area contributed by atoms with Crippen molar-refractivity contribution in [1.82, 2.24) is 4.98 Å². The Morgan fingerprint density at radius 1 is 1.47 bits per heavy atom. The van der Waals surface area contributed by atoms with Gasteiger partial charge in [0.1, 0.15) is 11.8 Å². The molecule has 0 N–H and O–H groups in total. The molecule has 0 bridgehead atoms. The maximum absolute atomic E-state index is 11.6. The summed E-state index contributed by atoms with van der Waals surface area (Å²) in [4.78, 5) is 17.8. The summed E-state index contributed by atoms with van der Waals surface area (Å²) < 4.78 is 4.70. The summed E-state index contributed by atoms with van der Waals surface area (Å²) in [6.07, 6.45) is 2.22. The molecular weight excluding hydrogens is 218 g/mol. The van der Waals surface area contributed by atoms with Crippen LogP contribution in [0, 0.1) is 11.3 Å². The van der Waals surface area contributed by atoms with Crippen molar-refractivity contribution >= 4 is 11.7 Å². The van der Waals surface area contributed by atoms with Gasteiger partial charge in [-0.3, -0.25) is 0 Å². The fourth-order valence-corrected chi connectivity index (χ4v) is 1.97. The number of carbonyl (C=O) groups excluding carboxylic acids is 1. The predicted molar refractivity (Wildman–Crippen MR) is 61.7 cm³/mol. The van der Waals surface area contributed by atoms with Gasteiger partial charge in [0.25, 0.3) is 0 Å². The molecule has 0 unspecified atom stereocenters. The fourth-order valence-electron chi connectivity index (χ4n) is 1.97. The number of nitrogens with zero attached hydrogens (tertiary/aromatic N) is 3. The standard InChI is InChI=1S/C12H13N3O2/c1-17-12(16)11-10(15-6-2-3-7-15)5-4-9(8-13)14-11/h4-5H,2-3,6-7H2,1H3. The van der Waals surface area contributed by atoms with E-state index < -0.39 is 5.97 Å². The van der Waals surface area contributed by atoms with Gasteiger partial charge in [-0.15, -0.1) is 0 Å². The number of carbonyl (C=O) groups is 1. The van der Waals surface area contributed by atoms with E-state index in [9.17, 15) is 4.79 Å². The molecule has 1 aromatic rings. The van der Waals surface area contributed by atoms with Crippen molar-refractivity contribution in [3.63, 3.8) is 0 Å². The first-order valence-corrected chi connectivity index (χ1v) is 5.50. The van der Waals surface area contributed by atoms with E-state index in [1.54, 1.807) is 12.1 Å². The normalized spacial score (nSPS) is 14.5. The van der Waals surface area contributed by atoms with Crippen LogP contribution in [0.1, 0.15) is 29.0 Å². The van der Waals surface area contributed by atoms with Gasteiger partial charge in [-0.25, -0.2) is 9.78 Å². The van der Waals surface area contributed by atoms with Gasteiger partial charge in [0.2, 0.25) is 0 Å². The fraction of sp³-hybridized carbons (Fsp3) is 0.417. The van der Waals surface area contributed by atoms with E-state index in [4.69, 9.17) is 10.00 Å². The largest absolute Gasteiger partial charge is 0.464 e. The number of nitriles is 1. The average Bonchev–Trinajstić information content (AvgIpc) is 2.90. The van der Waals surface area contributed by atoms with Crippen LogP contribution >= 0.6 is 0 Å². The second-order valence-electron chi connectivity index (χ2n) is 3.86. The van der Waals surface area contributed by atoms with Gasteiger partial charge >= 0.3 is 5.97 Å². The smallest absolute Gasteiger partial charge is 0.358 e. The Morgan fingerprint density at radius 3 is 2.76 bits per heavy atom. The highest BCUT2D eigenvalue weighted by atomic mass is 16.5. The van der Waals surface area contributed by atoms with Crippen LogP contribution in [0.2, 0.25) is 0 Å².